The maximum Gasteiger partial charge on any atom is 0.264 e. The number of rotatable bonds is 5. The molecule has 1 amide bonds. The van der Waals surface area contributed by atoms with Crippen molar-refractivity contribution in [2.45, 2.75) is 13.8 Å². The van der Waals surface area contributed by atoms with E-state index in [0.717, 1.165) is 34.1 Å². The first kappa shape index (κ1) is 22.0. The van der Waals surface area contributed by atoms with Gasteiger partial charge in [-0.05, 0) is 85.8 Å². The molecule has 1 aliphatic rings. The second kappa shape index (κ2) is 9.14. The summed E-state index contributed by atoms with van der Waals surface area (Å²) < 4.78 is 12.5. The number of halogens is 1. The molecule has 164 valence electrons. The van der Waals surface area contributed by atoms with E-state index < -0.39 is 0 Å². The Morgan fingerprint density at radius 2 is 1.81 bits per heavy atom. The molecular weight excluding hydrogens is 446 g/mol. The highest BCUT2D eigenvalue weighted by molar-refractivity contribution is 8.18. The van der Waals surface area contributed by atoms with E-state index in [4.69, 9.17) is 21.1 Å². The Bertz CT molecular complexity index is 1250. The van der Waals surface area contributed by atoms with Crippen LogP contribution in [0.25, 0.3) is 11.8 Å². The molecule has 1 fully saturated rings. The van der Waals surface area contributed by atoms with Gasteiger partial charge in [-0.1, -0.05) is 11.6 Å². The van der Waals surface area contributed by atoms with E-state index in [2.05, 4.69) is 14.9 Å². The number of benzene rings is 2. The number of aliphatic imine (C=N–C) groups is 1. The highest BCUT2D eigenvalue weighted by atomic mass is 35.5. The zero-order chi connectivity index (χ0) is 22.8. The standard InChI is InChI=1S/C24H22ClN3O3S/c1-14-11-16(15(2)28(14)18-7-10-21(31-4)20(25)13-18)12-22-23(29)27-24(32-22)26-17-5-8-19(30-3)9-6-17/h5-13H,1-4H3,(H,26,27,29)/b22-12-. The van der Waals surface area contributed by atoms with Gasteiger partial charge in [-0.15, -0.1) is 0 Å². The Kier molecular flexibility index (Phi) is 6.30. The third-order valence-electron chi connectivity index (χ3n) is 5.10. The van der Waals surface area contributed by atoms with Gasteiger partial charge in [0, 0.05) is 17.1 Å². The van der Waals surface area contributed by atoms with Crippen LogP contribution in [0.4, 0.5) is 5.69 Å². The molecule has 1 aliphatic heterocycles. The van der Waals surface area contributed by atoms with Crippen molar-refractivity contribution in [3.8, 4) is 17.2 Å². The number of hydrogen-bond acceptors (Lipinski definition) is 5. The minimum atomic E-state index is -0.167. The van der Waals surface area contributed by atoms with Gasteiger partial charge in [0.05, 0.1) is 29.8 Å². The minimum Gasteiger partial charge on any atom is -0.497 e. The zero-order valence-corrected chi connectivity index (χ0v) is 19.7. The minimum absolute atomic E-state index is 0.167. The van der Waals surface area contributed by atoms with E-state index in [9.17, 15) is 4.79 Å². The van der Waals surface area contributed by atoms with Gasteiger partial charge in [0.2, 0.25) is 0 Å². The van der Waals surface area contributed by atoms with Crippen LogP contribution in [0.1, 0.15) is 17.0 Å². The molecule has 2 heterocycles. The van der Waals surface area contributed by atoms with E-state index in [1.807, 2.05) is 68.5 Å². The lowest BCUT2D eigenvalue weighted by atomic mass is 10.2. The highest BCUT2D eigenvalue weighted by Crippen LogP contribution is 2.32. The number of amidine groups is 1. The van der Waals surface area contributed by atoms with Gasteiger partial charge in [-0.3, -0.25) is 4.79 Å². The molecule has 0 atom stereocenters. The second-order valence-electron chi connectivity index (χ2n) is 7.16. The molecular formula is C24H22ClN3O3S. The molecule has 0 saturated carbocycles. The monoisotopic (exact) mass is 467 g/mol. The fraction of sp³-hybridized carbons (Fsp3) is 0.167. The first-order valence-corrected chi connectivity index (χ1v) is 11.1. The van der Waals surface area contributed by atoms with Gasteiger partial charge >= 0.3 is 0 Å². The van der Waals surface area contributed by atoms with Crippen molar-refractivity contribution in [2.75, 3.05) is 14.2 Å². The number of aryl methyl sites for hydroxylation is 1. The van der Waals surface area contributed by atoms with Gasteiger partial charge in [-0.2, -0.15) is 0 Å². The number of methoxy groups -OCH3 is 2. The first-order chi connectivity index (χ1) is 15.4. The summed E-state index contributed by atoms with van der Waals surface area (Å²) in [4.78, 5) is 17.6. The van der Waals surface area contributed by atoms with Crippen LogP contribution in [0.2, 0.25) is 5.02 Å². The average Bonchev–Trinajstić information content (AvgIpc) is 3.26. The average molecular weight is 468 g/mol. The van der Waals surface area contributed by atoms with Crippen molar-refractivity contribution >= 4 is 46.2 Å². The molecule has 0 radical (unpaired) electrons. The molecule has 1 saturated heterocycles. The predicted molar refractivity (Wildman–Crippen MR) is 131 cm³/mol. The van der Waals surface area contributed by atoms with Gasteiger partial charge < -0.3 is 19.4 Å². The number of carbonyl (C=O) groups is 1. The smallest absolute Gasteiger partial charge is 0.264 e. The maximum atomic E-state index is 12.5. The number of carbonyl (C=O) groups excluding carboxylic acids is 1. The summed E-state index contributed by atoms with van der Waals surface area (Å²) in [6, 6.07) is 15.1. The molecule has 1 N–H and O–H groups in total. The van der Waals surface area contributed by atoms with Crippen molar-refractivity contribution in [3.05, 3.63) is 75.4 Å². The Balaban J connectivity index is 1.61. The topological polar surface area (TPSA) is 64.8 Å². The SMILES string of the molecule is COc1ccc(N=C2NC(=O)/C(=C/c3cc(C)n(-c4ccc(OC)c(Cl)c4)c3C)S2)cc1. The fourth-order valence-corrected chi connectivity index (χ4v) is 4.61. The van der Waals surface area contributed by atoms with E-state index in [0.29, 0.717) is 20.8 Å². The van der Waals surface area contributed by atoms with Crippen LogP contribution in [0, 0.1) is 13.8 Å². The summed E-state index contributed by atoms with van der Waals surface area (Å²) in [5, 5.41) is 3.92. The lowest BCUT2D eigenvalue weighted by Gasteiger charge is -2.11. The number of ether oxygens (including phenoxy) is 2. The molecule has 0 spiro atoms. The number of thioether (sulfide) groups is 1. The summed E-state index contributed by atoms with van der Waals surface area (Å²) in [6.07, 6.45) is 1.89. The van der Waals surface area contributed by atoms with Crippen LogP contribution in [-0.2, 0) is 4.79 Å². The quantitative estimate of drug-likeness (QED) is 0.492. The Hall–Kier alpha value is -3.16. The first-order valence-electron chi connectivity index (χ1n) is 9.86. The van der Waals surface area contributed by atoms with Crippen LogP contribution in [-0.4, -0.2) is 29.9 Å². The molecule has 0 aliphatic carbocycles. The van der Waals surface area contributed by atoms with Crippen LogP contribution in [0.5, 0.6) is 11.5 Å². The zero-order valence-electron chi connectivity index (χ0n) is 18.1. The largest absolute Gasteiger partial charge is 0.497 e. The number of nitrogens with zero attached hydrogens (tertiary/aromatic N) is 2. The van der Waals surface area contributed by atoms with Crippen molar-refractivity contribution in [1.29, 1.82) is 0 Å². The Labute approximate surface area is 195 Å². The molecule has 4 rings (SSSR count). The van der Waals surface area contributed by atoms with Crippen molar-refractivity contribution < 1.29 is 14.3 Å². The van der Waals surface area contributed by atoms with Gasteiger partial charge in [0.1, 0.15) is 11.5 Å². The number of hydrogen-bond donors (Lipinski definition) is 1. The highest BCUT2D eigenvalue weighted by Gasteiger charge is 2.24. The summed E-state index contributed by atoms with van der Waals surface area (Å²) in [5.41, 5.74) is 4.67. The Morgan fingerprint density at radius 1 is 1.06 bits per heavy atom. The number of amides is 1. The summed E-state index contributed by atoms with van der Waals surface area (Å²) in [6.45, 7) is 4.03. The molecule has 3 aromatic rings. The molecule has 0 bridgehead atoms. The summed E-state index contributed by atoms with van der Waals surface area (Å²) in [5.74, 6) is 1.22. The molecule has 0 unspecified atom stereocenters. The van der Waals surface area contributed by atoms with E-state index in [1.165, 1.54) is 11.8 Å². The van der Waals surface area contributed by atoms with Gasteiger partial charge in [0.15, 0.2) is 5.17 Å². The van der Waals surface area contributed by atoms with Gasteiger partial charge in [-0.25, -0.2) is 4.99 Å². The van der Waals surface area contributed by atoms with Crippen LogP contribution in [0.3, 0.4) is 0 Å². The molecule has 32 heavy (non-hydrogen) atoms. The molecule has 2 aromatic carbocycles. The number of aromatic nitrogens is 1. The third-order valence-corrected chi connectivity index (χ3v) is 6.31. The number of nitrogens with one attached hydrogen (secondary N) is 1. The Morgan fingerprint density at radius 3 is 2.47 bits per heavy atom. The van der Waals surface area contributed by atoms with E-state index in [1.54, 1.807) is 14.2 Å². The van der Waals surface area contributed by atoms with E-state index >= 15 is 0 Å². The normalized spacial score (nSPS) is 16.0. The summed E-state index contributed by atoms with van der Waals surface area (Å²) in [7, 11) is 3.21. The fourth-order valence-electron chi connectivity index (χ4n) is 3.52. The molecule has 1 aromatic heterocycles. The lowest BCUT2D eigenvalue weighted by Crippen LogP contribution is -2.19. The van der Waals surface area contributed by atoms with Crippen molar-refractivity contribution in [1.82, 2.24) is 9.88 Å². The van der Waals surface area contributed by atoms with Crippen LogP contribution >= 0.6 is 23.4 Å². The molecule has 8 heteroatoms. The van der Waals surface area contributed by atoms with E-state index in [-0.39, 0.29) is 5.91 Å². The second-order valence-corrected chi connectivity index (χ2v) is 8.60. The van der Waals surface area contributed by atoms with Crippen LogP contribution in [0.15, 0.2) is 58.4 Å². The van der Waals surface area contributed by atoms with Crippen molar-refractivity contribution in [3.63, 3.8) is 0 Å². The predicted octanol–water partition coefficient (Wildman–Crippen LogP) is 5.66. The summed E-state index contributed by atoms with van der Waals surface area (Å²) >= 11 is 7.64. The van der Waals surface area contributed by atoms with Crippen molar-refractivity contribution in [2.24, 2.45) is 4.99 Å². The third kappa shape index (κ3) is 4.40. The van der Waals surface area contributed by atoms with Gasteiger partial charge in [0.25, 0.3) is 5.91 Å². The molecule has 6 nitrogen and oxygen atoms in total. The lowest BCUT2D eigenvalue weighted by molar-refractivity contribution is -0.115. The maximum absolute atomic E-state index is 12.5. The van der Waals surface area contributed by atoms with Crippen LogP contribution < -0.4 is 14.8 Å².